The normalized spacial score (nSPS) is 11.1. The van der Waals surface area contributed by atoms with E-state index in [4.69, 9.17) is 16.3 Å². The molecule has 4 aromatic carbocycles. The molecule has 0 fully saturated rings. The fourth-order valence-electron chi connectivity index (χ4n) is 3.33. The van der Waals surface area contributed by atoms with Gasteiger partial charge < -0.3 is 4.74 Å². The maximum absolute atomic E-state index is 13.2. The highest BCUT2D eigenvalue weighted by molar-refractivity contribution is 6.30. The van der Waals surface area contributed by atoms with Crippen molar-refractivity contribution >= 4 is 33.3 Å². The number of benzene rings is 4. The van der Waals surface area contributed by atoms with Crippen LogP contribution in [0.15, 0.2) is 95.8 Å². The molecule has 0 spiro atoms. The number of hydrogen-bond donors (Lipinski definition) is 0. The number of hydrogen-bond acceptors (Lipinski definition) is 3. The average molecular weight is 399 g/mol. The molecule has 0 aliphatic heterocycles. The summed E-state index contributed by atoms with van der Waals surface area (Å²) in [6.45, 7) is 0. The lowest BCUT2D eigenvalue weighted by atomic mass is 10.1. The van der Waals surface area contributed by atoms with Gasteiger partial charge in [0, 0.05) is 5.02 Å². The van der Waals surface area contributed by atoms with Gasteiger partial charge in [0.15, 0.2) is 0 Å². The summed E-state index contributed by atoms with van der Waals surface area (Å²) < 4.78 is 7.58. The molecule has 0 aliphatic carbocycles. The molecule has 5 aromatic rings. The first-order valence-corrected chi connectivity index (χ1v) is 9.51. The molecule has 140 valence electrons. The summed E-state index contributed by atoms with van der Waals surface area (Å²) >= 11 is 6.02. The Hall–Kier alpha value is -3.63. The van der Waals surface area contributed by atoms with Crippen LogP contribution in [0.3, 0.4) is 0 Å². The van der Waals surface area contributed by atoms with E-state index in [0.29, 0.717) is 27.4 Å². The van der Waals surface area contributed by atoms with E-state index in [-0.39, 0.29) is 11.6 Å². The van der Waals surface area contributed by atoms with Gasteiger partial charge in [0.25, 0.3) is 5.56 Å². The summed E-state index contributed by atoms with van der Waals surface area (Å²) in [5.74, 6) is 0.605. The Labute approximate surface area is 171 Å². The van der Waals surface area contributed by atoms with Crippen LogP contribution >= 0.6 is 11.6 Å². The Morgan fingerprint density at radius 3 is 2.34 bits per heavy atom. The summed E-state index contributed by atoms with van der Waals surface area (Å²) in [7, 11) is 0. The Morgan fingerprint density at radius 2 is 1.52 bits per heavy atom. The Balaban J connectivity index is 1.71. The molecule has 0 saturated heterocycles. The number of rotatable bonds is 3. The van der Waals surface area contributed by atoms with Gasteiger partial charge in [-0.3, -0.25) is 4.79 Å². The molecule has 0 unspecified atom stereocenters. The molecule has 0 amide bonds. The molecule has 0 aliphatic rings. The van der Waals surface area contributed by atoms with Crippen LogP contribution in [-0.4, -0.2) is 9.55 Å². The van der Waals surface area contributed by atoms with E-state index >= 15 is 0 Å². The van der Waals surface area contributed by atoms with Crippen molar-refractivity contribution in [2.24, 2.45) is 0 Å². The van der Waals surface area contributed by atoms with Crippen molar-refractivity contribution in [3.63, 3.8) is 0 Å². The monoisotopic (exact) mass is 398 g/mol. The first-order chi connectivity index (χ1) is 14.2. The minimum atomic E-state index is -0.200. The summed E-state index contributed by atoms with van der Waals surface area (Å²) in [6.07, 6.45) is 0. The first-order valence-electron chi connectivity index (χ1n) is 9.13. The lowest BCUT2D eigenvalue weighted by Gasteiger charge is -2.14. The second-order valence-corrected chi connectivity index (χ2v) is 7.08. The van der Waals surface area contributed by atoms with Gasteiger partial charge >= 0.3 is 6.01 Å². The van der Waals surface area contributed by atoms with Crippen LogP contribution in [0.25, 0.3) is 27.4 Å². The number of nitrogens with zero attached hydrogens (tertiary/aromatic N) is 2. The summed E-state index contributed by atoms with van der Waals surface area (Å²) in [4.78, 5) is 17.9. The molecule has 0 bridgehead atoms. The zero-order valence-electron chi connectivity index (χ0n) is 15.2. The van der Waals surface area contributed by atoms with E-state index in [1.807, 2.05) is 54.6 Å². The molecule has 1 aromatic heterocycles. The predicted octanol–water partition coefficient (Wildman–Crippen LogP) is 5.98. The fraction of sp³-hybridized carbons (Fsp3) is 0. The molecule has 1 heterocycles. The van der Waals surface area contributed by atoms with Gasteiger partial charge in [-0.1, -0.05) is 54.1 Å². The van der Waals surface area contributed by atoms with Crippen molar-refractivity contribution in [1.82, 2.24) is 9.55 Å². The third-order valence-corrected chi connectivity index (χ3v) is 5.01. The largest absolute Gasteiger partial charge is 0.425 e. The molecule has 29 heavy (non-hydrogen) atoms. The minimum absolute atomic E-state index is 0.200. The summed E-state index contributed by atoms with van der Waals surface area (Å²) in [6, 6.07) is 28.3. The number of fused-ring (bicyclic) bond motifs is 2. The van der Waals surface area contributed by atoms with E-state index < -0.39 is 0 Å². The van der Waals surface area contributed by atoms with Crippen LogP contribution in [0.2, 0.25) is 5.02 Å². The zero-order chi connectivity index (χ0) is 19.8. The molecular formula is C24H15ClN2O2. The third-order valence-electron chi connectivity index (χ3n) is 4.76. The van der Waals surface area contributed by atoms with Gasteiger partial charge in [0.05, 0.1) is 16.6 Å². The highest BCUT2D eigenvalue weighted by Gasteiger charge is 2.15. The smallest absolute Gasteiger partial charge is 0.310 e. The molecule has 5 rings (SSSR count). The van der Waals surface area contributed by atoms with Gasteiger partial charge in [-0.2, -0.15) is 4.98 Å². The van der Waals surface area contributed by atoms with Crippen molar-refractivity contribution < 1.29 is 4.74 Å². The quantitative estimate of drug-likeness (QED) is 0.375. The Kier molecular flexibility index (Phi) is 4.26. The third kappa shape index (κ3) is 3.24. The molecular weight excluding hydrogens is 384 g/mol. The van der Waals surface area contributed by atoms with Crippen LogP contribution in [0.4, 0.5) is 0 Å². The first kappa shape index (κ1) is 17.5. The molecule has 0 atom stereocenters. The molecule has 0 N–H and O–H groups in total. The second-order valence-electron chi connectivity index (χ2n) is 6.64. The van der Waals surface area contributed by atoms with Gasteiger partial charge in [0.2, 0.25) is 0 Å². The molecule has 0 radical (unpaired) electrons. The highest BCUT2D eigenvalue weighted by Crippen LogP contribution is 2.27. The Morgan fingerprint density at radius 1 is 0.793 bits per heavy atom. The predicted molar refractivity (Wildman–Crippen MR) is 116 cm³/mol. The minimum Gasteiger partial charge on any atom is -0.425 e. The van der Waals surface area contributed by atoms with Gasteiger partial charge in [0.1, 0.15) is 5.75 Å². The van der Waals surface area contributed by atoms with E-state index in [0.717, 1.165) is 10.8 Å². The average Bonchev–Trinajstić information content (AvgIpc) is 2.75. The van der Waals surface area contributed by atoms with E-state index in [1.165, 1.54) is 4.57 Å². The van der Waals surface area contributed by atoms with Gasteiger partial charge in [-0.15, -0.1) is 0 Å². The SMILES string of the molecule is O=c1c2ccccc2nc(Oc2ccc3ccccc3c2)n1-c1ccc(Cl)cc1. The van der Waals surface area contributed by atoms with Crippen molar-refractivity contribution in [3.8, 4) is 17.4 Å². The van der Waals surface area contributed by atoms with Gasteiger partial charge in [-0.05, 0) is 59.3 Å². The molecule has 5 heteroatoms. The van der Waals surface area contributed by atoms with Crippen molar-refractivity contribution in [3.05, 3.63) is 106 Å². The number of halogens is 1. The number of ether oxygens (including phenoxy) is 1. The van der Waals surface area contributed by atoms with Crippen molar-refractivity contribution in [2.45, 2.75) is 0 Å². The lowest BCUT2D eigenvalue weighted by molar-refractivity contribution is 0.428. The molecule has 4 nitrogen and oxygen atoms in total. The highest BCUT2D eigenvalue weighted by atomic mass is 35.5. The van der Waals surface area contributed by atoms with E-state index in [1.54, 1.807) is 36.4 Å². The number of aromatic nitrogens is 2. The Bertz CT molecular complexity index is 1410. The van der Waals surface area contributed by atoms with Crippen molar-refractivity contribution in [2.75, 3.05) is 0 Å². The lowest BCUT2D eigenvalue weighted by Crippen LogP contribution is -2.21. The van der Waals surface area contributed by atoms with E-state index in [2.05, 4.69) is 4.98 Å². The van der Waals surface area contributed by atoms with Crippen LogP contribution in [-0.2, 0) is 0 Å². The van der Waals surface area contributed by atoms with Crippen LogP contribution in [0, 0.1) is 0 Å². The fourth-order valence-corrected chi connectivity index (χ4v) is 3.46. The standard InChI is InChI=1S/C24H15ClN2O2/c25-18-10-12-19(13-11-18)27-23(28)21-7-3-4-8-22(21)26-24(27)29-20-14-9-16-5-1-2-6-17(16)15-20/h1-15H. The van der Waals surface area contributed by atoms with Crippen LogP contribution < -0.4 is 10.3 Å². The van der Waals surface area contributed by atoms with Gasteiger partial charge in [-0.25, -0.2) is 4.57 Å². The summed E-state index contributed by atoms with van der Waals surface area (Å²) in [5.41, 5.74) is 1.01. The molecule has 0 saturated carbocycles. The van der Waals surface area contributed by atoms with Crippen LogP contribution in [0.5, 0.6) is 11.8 Å². The van der Waals surface area contributed by atoms with E-state index in [9.17, 15) is 4.79 Å². The van der Waals surface area contributed by atoms with Crippen LogP contribution in [0.1, 0.15) is 0 Å². The maximum Gasteiger partial charge on any atom is 0.310 e. The summed E-state index contributed by atoms with van der Waals surface area (Å²) in [5, 5.41) is 3.27. The second kappa shape index (κ2) is 7.08. The number of para-hydroxylation sites is 1. The maximum atomic E-state index is 13.2. The topological polar surface area (TPSA) is 44.1 Å². The van der Waals surface area contributed by atoms with Crippen molar-refractivity contribution in [1.29, 1.82) is 0 Å². The zero-order valence-corrected chi connectivity index (χ0v) is 16.0.